The van der Waals surface area contributed by atoms with Crippen LogP contribution in [0.5, 0.6) is 0 Å². The van der Waals surface area contributed by atoms with Gasteiger partial charge in [-0.2, -0.15) is 13.2 Å². The molecule has 1 aromatic carbocycles. The molecule has 1 heterocycles. The molecule has 0 fully saturated rings. The van der Waals surface area contributed by atoms with Crippen molar-refractivity contribution in [2.24, 2.45) is 5.92 Å². The van der Waals surface area contributed by atoms with Gasteiger partial charge in [0.25, 0.3) is 5.56 Å². The number of nitrogens with zero attached hydrogens (tertiary/aromatic N) is 1. The number of rotatable bonds is 6. The molecule has 146 valence electrons. The molecule has 1 unspecified atom stereocenters. The van der Waals surface area contributed by atoms with Crippen molar-refractivity contribution in [1.82, 2.24) is 9.88 Å². The van der Waals surface area contributed by atoms with Gasteiger partial charge in [0.2, 0.25) is 5.91 Å². The van der Waals surface area contributed by atoms with Crippen molar-refractivity contribution in [1.29, 1.82) is 0 Å². The standard InChI is InChI=1S/C20H23F3N2O2/c1-4-14-7-9-15(10-8-14)18(13(2)3)24-17(26)12-25-11-5-6-16(19(25)27)20(21,22)23/h5-11,13,18H,4,12H2,1-3H3,(H,24,26). The summed E-state index contributed by atoms with van der Waals surface area (Å²) >= 11 is 0. The number of benzene rings is 1. The zero-order valence-corrected chi connectivity index (χ0v) is 15.5. The summed E-state index contributed by atoms with van der Waals surface area (Å²) in [6.07, 6.45) is -2.67. The Balaban J connectivity index is 2.18. The van der Waals surface area contributed by atoms with Gasteiger partial charge in [0.1, 0.15) is 12.1 Å². The Labute approximate surface area is 156 Å². The Bertz CT molecular complexity index is 840. The van der Waals surface area contributed by atoms with E-state index in [4.69, 9.17) is 0 Å². The van der Waals surface area contributed by atoms with E-state index in [9.17, 15) is 22.8 Å². The summed E-state index contributed by atoms with van der Waals surface area (Å²) in [6, 6.07) is 9.34. The van der Waals surface area contributed by atoms with Crippen LogP contribution in [0.15, 0.2) is 47.4 Å². The first-order valence-corrected chi connectivity index (χ1v) is 8.78. The molecule has 2 aromatic rings. The van der Waals surface area contributed by atoms with Gasteiger partial charge in [-0.05, 0) is 35.6 Å². The van der Waals surface area contributed by atoms with E-state index < -0.39 is 29.8 Å². The van der Waals surface area contributed by atoms with Gasteiger partial charge in [-0.3, -0.25) is 9.59 Å². The highest BCUT2D eigenvalue weighted by atomic mass is 19.4. The number of nitrogens with one attached hydrogen (secondary N) is 1. The van der Waals surface area contributed by atoms with Crippen LogP contribution in [0.1, 0.15) is 43.5 Å². The van der Waals surface area contributed by atoms with Crippen LogP contribution in [0.3, 0.4) is 0 Å². The summed E-state index contributed by atoms with van der Waals surface area (Å²) in [5.74, 6) is -0.450. The van der Waals surface area contributed by atoms with Crippen molar-refractivity contribution in [2.45, 2.75) is 46.0 Å². The van der Waals surface area contributed by atoms with Crippen LogP contribution in [0.2, 0.25) is 0 Å². The zero-order valence-electron chi connectivity index (χ0n) is 15.5. The second-order valence-corrected chi connectivity index (χ2v) is 6.74. The first-order valence-electron chi connectivity index (χ1n) is 8.78. The van der Waals surface area contributed by atoms with Gasteiger partial charge >= 0.3 is 6.18 Å². The fraction of sp³-hybridized carbons (Fsp3) is 0.400. The Morgan fingerprint density at radius 3 is 2.30 bits per heavy atom. The second-order valence-electron chi connectivity index (χ2n) is 6.74. The summed E-state index contributed by atoms with van der Waals surface area (Å²) in [5, 5.41) is 2.82. The number of aromatic nitrogens is 1. The Morgan fingerprint density at radius 1 is 1.15 bits per heavy atom. The molecule has 4 nitrogen and oxygen atoms in total. The van der Waals surface area contributed by atoms with E-state index in [-0.39, 0.29) is 12.0 Å². The van der Waals surface area contributed by atoms with Gasteiger partial charge < -0.3 is 9.88 Å². The highest BCUT2D eigenvalue weighted by molar-refractivity contribution is 5.76. The van der Waals surface area contributed by atoms with E-state index in [2.05, 4.69) is 5.32 Å². The monoisotopic (exact) mass is 380 g/mol. The number of aryl methyl sites for hydroxylation is 1. The first-order chi connectivity index (χ1) is 12.6. The lowest BCUT2D eigenvalue weighted by atomic mass is 9.95. The molecule has 1 amide bonds. The third kappa shape index (κ3) is 5.21. The summed E-state index contributed by atoms with van der Waals surface area (Å²) in [5.41, 5.74) is -0.433. The molecule has 0 aliphatic carbocycles. The van der Waals surface area contributed by atoms with Gasteiger partial charge in [0.05, 0.1) is 6.04 Å². The Hall–Kier alpha value is -2.57. The molecule has 1 N–H and O–H groups in total. The number of carbonyl (C=O) groups is 1. The predicted molar refractivity (Wildman–Crippen MR) is 97.2 cm³/mol. The van der Waals surface area contributed by atoms with Gasteiger partial charge in [-0.15, -0.1) is 0 Å². The summed E-state index contributed by atoms with van der Waals surface area (Å²) in [4.78, 5) is 24.4. The molecule has 1 atom stereocenters. The molecule has 0 saturated heterocycles. The maximum Gasteiger partial charge on any atom is 0.421 e. The van der Waals surface area contributed by atoms with Gasteiger partial charge in [-0.1, -0.05) is 45.0 Å². The van der Waals surface area contributed by atoms with Crippen LogP contribution >= 0.6 is 0 Å². The molecule has 0 aliphatic rings. The molecule has 0 spiro atoms. The van der Waals surface area contributed by atoms with E-state index in [0.29, 0.717) is 6.07 Å². The molecular weight excluding hydrogens is 357 g/mol. The zero-order chi connectivity index (χ0) is 20.2. The molecule has 27 heavy (non-hydrogen) atoms. The van der Waals surface area contributed by atoms with E-state index in [1.165, 1.54) is 11.8 Å². The third-order valence-electron chi connectivity index (χ3n) is 4.37. The lowest BCUT2D eigenvalue weighted by molar-refractivity contribution is -0.139. The SMILES string of the molecule is CCc1ccc(C(NC(=O)Cn2cccc(C(F)(F)F)c2=O)C(C)C)cc1. The minimum atomic E-state index is -4.75. The van der Waals surface area contributed by atoms with Crippen molar-refractivity contribution in [3.05, 3.63) is 69.6 Å². The summed E-state index contributed by atoms with van der Waals surface area (Å²) < 4.78 is 39.3. The van der Waals surface area contributed by atoms with Crippen LogP contribution < -0.4 is 10.9 Å². The molecule has 0 radical (unpaired) electrons. The number of alkyl halides is 3. The van der Waals surface area contributed by atoms with Crippen LogP contribution in [0, 0.1) is 5.92 Å². The van der Waals surface area contributed by atoms with Crippen molar-refractivity contribution in [2.75, 3.05) is 0 Å². The maximum absolute atomic E-state index is 12.9. The number of amides is 1. The third-order valence-corrected chi connectivity index (χ3v) is 4.37. The normalized spacial score (nSPS) is 12.9. The topological polar surface area (TPSA) is 51.1 Å². The van der Waals surface area contributed by atoms with Gasteiger partial charge in [0.15, 0.2) is 0 Å². The molecule has 7 heteroatoms. The molecule has 0 bridgehead atoms. The van der Waals surface area contributed by atoms with Crippen LogP contribution in [-0.2, 0) is 23.9 Å². The maximum atomic E-state index is 12.9. The second kappa shape index (κ2) is 8.41. The molecule has 2 rings (SSSR count). The average molecular weight is 380 g/mol. The number of halogens is 3. The smallest absolute Gasteiger partial charge is 0.347 e. The van der Waals surface area contributed by atoms with E-state index in [1.807, 2.05) is 45.0 Å². The number of hydrogen-bond acceptors (Lipinski definition) is 2. The Kier molecular flexibility index (Phi) is 6.46. The quantitative estimate of drug-likeness (QED) is 0.825. The minimum absolute atomic E-state index is 0.0691. The number of carbonyl (C=O) groups excluding carboxylic acids is 1. The predicted octanol–water partition coefficient (Wildman–Crippen LogP) is 3.94. The van der Waals surface area contributed by atoms with Crippen molar-refractivity contribution in [3.63, 3.8) is 0 Å². The summed E-state index contributed by atoms with van der Waals surface area (Å²) in [7, 11) is 0. The highest BCUT2D eigenvalue weighted by Crippen LogP contribution is 2.26. The lowest BCUT2D eigenvalue weighted by Gasteiger charge is -2.23. The molecular formula is C20H23F3N2O2. The van der Waals surface area contributed by atoms with Crippen LogP contribution in [0.4, 0.5) is 13.2 Å². The van der Waals surface area contributed by atoms with E-state index >= 15 is 0 Å². The fourth-order valence-corrected chi connectivity index (χ4v) is 2.85. The minimum Gasteiger partial charge on any atom is -0.347 e. The van der Waals surface area contributed by atoms with Crippen LogP contribution in [-0.4, -0.2) is 10.5 Å². The molecule has 1 aromatic heterocycles. The van der Waals surface area contributed by atoms with Crippen molar-refractivity contribution < 1.29 is 18.0 Å². The van der Waals surface area contributed by atoms with Crippen molar-refractivity contribution >= 4 is 5.91 Å². The highest BCUT2D eigenvalue weighted by Gasteiger charge is 2.34. The number of hydrogen-bond donors (Lipinski definition) is 1. The Morgan fingerprint density at radius 2 is 1.78 bits per heavy atom. The summed E-state index contributed by atoms with van der Waals surface area (Å²) in [6.45, 7) is 5.45. The lowest BCUT2D eigenvalue weighted by Crippen LogP contribution is -2.37. The van der Waals surface area contributed by atoms with Gasteiger partial charge in [-0.25, -0.2) is 0 Å². The van der Waals surface area contributed by atoms with Gasteiger partial charge in [0, 0.05) is 6.20 Å². The molecule has 0 saturated carbocycles. The molecule has 0 aliphatic heterocycles. The largest absolute Gasteiger partial charge is 0.421 e. The van der Waals surface area contributed by atoms with Crippen LogP contribution in [0.25, 0.3) is 0 Å². The average Bonchev–Trinajstić information content (AvgIpc) is 2.60. The first kappa shape index (κ1) is 20.7. The fourth-order valence-electron chi connectivity index (χ4n) is 2.85. The number of pyridine rings is 1. The van der Waals surface area contributed by atoms with E-state index in [0.717, 1.165) is 22.6 Å². The van der Waals surface area contributed by atoms with E-state index in [1.54, 1.807) is 0 Å². The van der Waals surface area contributed by atoms with Crippen molar-refractivity contribution in [3.8, 4) is 0 Å².